The van der Waals surface area contributed by atoms with Crippen molar-refractivity contribution >= 4 is 23.1 Å². The number of Topliss-reactive ketones (excluding diaryl/α,β-unsaturated/α-hetero) is 1. The zero-order valence-electron chi connectivity index (χ0n) is 15.2. The molecule has 1 heterocycles. The van der Waals surface area contributed by atoms with Crippen LogP contribution in [0.3, 0.4) is 0 Å². The number of thiocarbonyl (C=S) groups is 1. The number of hydrogen-bond donors (Lipinski definition) is 1. The highest BCUT2D eigenvalue weighted by Gasteiger charge is 2.34. The number of carbonyl (C=O) groups is 1. The molecular weight excluding hydrogens is 344 g/mol. The summed E-state index contributed by atoms with van der Waals surface area (Å²) in [7, 11) is 1.87. The van der Waals surface area contributed by atoms with Crippen LogP contribution in [-0.2, 0) is 0 Å². The highest BCUT2D eigenvalue weighted by atomic mass is 32.1. The van der Waals surface area contributed by atoms with Gasteiger partial charge in [-0.15, -0.1) is 0 Å². The van der Waals surface area contributed by atoms with E-state index in [0.717, 1.165) is 17.0 Å². The molecule has 1 N–H and O–H groups in total. The second kappa shape index (κ2) is 7.70. The van der Waals surface area contributed by atoms with Gasteiger partial charge in [-0.1, -0.05) is 48.5 Å². The topological polar surface area (TPSA) is 41.6 Å². The fourth-order valence-electron chi connectivity index (χ4n) is 3.11. The van der Waals surface area contributed by atoms with Crippen molar-refractivity contribution in [3.63, 3.8) is 0 Å². The van der Waals surface area contributed by atoms with Gasteiger partial charge in [0, 0.05) is 29.4 Å². The third kappa shape index (κ3) is 3.35. The van der Waals surface area contributed by atoms with Gasteiger partial charge in [-0.25, -0.2) is 0 Å². The molecule has 0 aliphatic carbocycles. The largest absolute Gasteiger partial charge is 0.494 e. The second-order valence-electron chi connectivity index (χ2n) is 6.11. The van der Waals surface area contributed by atoms with Gasteiger partial charge in [-0.05, 0) is 32.1 Å². The maximum absolute atomic E-state index is 13.3. The monoisotopic (exact) mass is 366 g/mol. The summed E-state index contributed by atoms with van der Waals surface area (Å²) in [5.74, 6) is 0.743. The molecule has 0 fully saturated rings. The molecule has 0 amide bonds. The van der Waals surface area contributed by atoms with Crippen LogP contribution in [0.2, 0.25) is 0 Å². The van der Waals surface area contributed by atoms with Gasteiger partial charge in [0.2, 0.25) is 0 Å². The summed E-state index contributed by atoms with van der Waals surface area (Å²) in [6.45, 7) is 4.43. The molecule has 0 bridgehead atoms. The highest BCUT2D eigenvalue weighted by molar-refractivity contribution is 7.80. The Hall–Kier alpha value is -2.66. The lowest BCUT2D eigenvalue weighted by molar-refractivity contribution is 0.102. The van der Waals surface area contributed by atoms with E-state index in [-0.39, 0.29) is 11.8 Å². The highest BCUT2D eigenvalue weighted by Crippen LogP contribution is 2.36. The summed E-state index contributed by atoms with van der Waals surface area (Å²) in [6, 6.07) is 16.7. The third-order valence-electron chi connectivity index (χ3n) is 4.56. The number of allylic oxidation sites excluding steroid dienone is 1. The van der Waals surface area contributed by atoms with Crippen molar-refractivity contribution in [2.75, 3.05) is 13.7 Å². The summed E-state index contributed by atoms with van der Waals surface area (Å²) < 4.78 is 5.79. The lowest BCUT2D eigenvalue weighted by atomic mass is 9.89. The Morgan fingerprint density at radius 1 is 1.15 bits per heavy atom. The number of ether oxygens (including phenoxy) is 1. The van der Waals surface area contributed by atoms with Crippen molar-refractivity contribution in [1.82, 2.24) is 10.2 Å². The first kappa shape index (κ1) is 18.1. The van der Waals surface area contributed by atoms with Crippen molar-refractivity contribution in [1.29, 1.82) is 0 Å². The van der Waals surface area contributed by atoms with Crippen LogP contribution in [0.15, 0.2) is 65.9 Å². The number of nitrogens with one attached hydrogen (secondary N) is 1. The van der Waals surface area contributed by atoms with E-state index in [1.54, 1.807) is 0 Å². The molecule has 0 saturated heterocycles. The van der Waals surface area contributed by atoms with Crippen molar-refractivity contribution in [3.05, 3.63) is 77.0 Å². The Morgan fingerprint density at radius 2 is 1.81 bits per heavy atom. The average molecular weight is 366 g/mol. The molecule has 1 aliphatic heterocycles. The smallest absolute Gasteiger partial charge is 0.193 e. The van der Waals surface area contributed by atoms with E-state index in [1.165, 1.54) is 0 Å². The summed E-state index contributed by atoms with van der Waals surface area (Å²) in [5.41, 5.74) is 3.09. The number of para-hydroxylation sites is 1. The van der Waals surface area contributed by atoms with E-state index in [9.17, 15) is 4.79 Å². The summed E-state index contributed by atoms with van der Waals surface area (Å²) in [5, 5.41) is 3.90. The average Bonchev–Trinajstić information content (AvgIpc) is 2.67. The number of nitrogens with zero attached hydrogens (tertiary/aromatic N) is 1. The first-order chi connectivity index (χ1) is 12.5. The molecular formula is C21H22N2O2S. The number of ketones is 1. The lowest BCUT2D eigenvalue weighted by Crippen LogP contribution is -2.45. The van der Waals surface area contributed by atoms with E-state index in [4.69, 9.17) is 17.0 Å². The van der Waals surface area contributed by atoms with E-state index >= 15 is 0 Å². The molecule has 1 atom stereocenters. The van der Waals surface area contributed by atoms with Gasteiger partial charge in [0.25, 0.3) is 0 Å². The van der Waals surface area contributed by atoms with Gasteiger partial charge >= 0.3 is 0 Å². The quantitative estimate of drug-likeness (QED) is 0.637. The SMILES string of the molecule is CCOc1ccccc1C1NC(=S)N(C)C(C)=C1C(=O)c1ccccc1. The molecule has 1 aliphatic rings. The standard InChI is InChI=1S/C21H22N2O2S/c1-4-25-17-13-9-8-12-16(17)19-18(14(2)23(3)21(26)22-19)20(24)15-10-6-5-7-11-15/h5-13,19H,4H2,1-3H3,(H,22,26). The summed E-state index contributed by atoms with van der Waals surface area (Å²) >= 11 is 5.48. The van der Waals surface area contributed by atoms with E-state index in [0.29, 0.717) is 22.9 Å². The molecule has 0 saturated carbocycles. The van der Waals surface area contributed by atoms with Crippen LogP contribution in [0, 0.1) is 0 Å². The van der Waals surface area contributed by atoms with Gasteiger partial charge in [-0.2, -0.15) is 0 Å². The Bertz CT molecular complexity index is 861. The molecule has 0 spiro atoms. The maximum Gasteiger partial charge on any atom is 0.193 e. The summed E-state index contributed by atoms with van der Waals surface area (Å²) in [6.07, 6.45) is 0. The van der Waals surface area contributed by atoms with Crippen LogP contribution in [0.4, 0.5) is 0 Å². The minimum Gasteiger partial charge on any atom is -0.494 e. The third-order valence-corrected chi connectivity index (χ3v) is 4.96. The van der Waals surface area contributed by atoms with Crippen molar-refractivity contribution in [3.8, 4) is 5.75 Å². The second-order valence-corrected chi connectivity index (χ2v) is 6.49. The zero-order valence-corrected chi connectivity index (χ0v) is 16.0. The van der Waals surface area contributed by atoms with Gasteiger partial charge in [0.1, 0.15) is 5.75 Å². The maximum atomic E-state index is 13.3. The molecule has 0 aromatic heterocycles. The first-order valence-electron chi connectivity index (χ1n) is 8.61. The van der Waals surface area contributed by atoms with E-state index in [1.807, 2.05) is 80.4 Å². The van der Waals surface area contributed by atoms with Crippen LogP contribution in [0.5, 0.6) is 5.75 Å². The minimum absolute atomic E-state index is 0.0127. The Kier molecular flexibility index (Phi) is 5.38. The van der Waals surface area contributed by atoms with Crippen LogP contribution >= 0.6 is 12.2 Å². The molecule has 5 heteroatoms. The van der Waals surface area contributed by atoms with Crippen LogP contribution < -0.4 is 10.1 Å². The Morgan fingerprint density at radius 3 is 2.50 bits per heavy atom. The zero-order chi connectivity index (χ0) is 18.7. The fraction of sp³-hybridized carbons (Fsp3) is 0.238. The predicted octanol–water partition coefficient (Wildman–Crippen LogP) is 4.10. The van der Waals surface area contributed by atoms with Gasteiger partial charge in [0.15, 0.2) is 10.9 Å². The number of benzene rings is 2. The van der Waals surface area contributed by atoms with Crippen LogP contribution in [0.25, 0.3) is 0 Å². The molecule has 3 rings (SSSR count). The normalized spacial score (nSPS) is 17.1. The summed E-state index contributed by atoms with van der Waals surface area (Å²) in [4.78, 5) is 15.1. The Labute approximate surface area is 159 Å². The molecule has 2 aromatic rings. The molecule has 2 aromatic carbocycles. The van der Waals surface area contributed by atoms with Gasteiger partial charge in [-0.3, -0.25) is 4.79 Å². The van der Waals surface area contributed by atoms with E-state index < -0.39 is 0 Å². The molecule has 0 radical (unpaired) electrons. The van der Waals surface area contributed by atoms with Crippen molar-refractivity contribution in [2.24, 2.45) is 0 Å². The van der Waals surface area contributed by atoms with Crippen LogP contribution in [-0.4, -0.2) is 29.5 Å². The van der Waals surface area contributed by atoms with Gasteiger partial charge in [0.05, 0.1) is 12.6 Å². The molecule has 134 valence electrons. The van der Waals surface area contributed by atoms with Gasteiger partial charge < -0.3 is 15.0 Å². The molecule has 26 heavy (non-hydrogen) atoms. The number of hydrogen-bond acceptors (Lipinski definition) is 3. The van der Waals surface area contributed by atoms with Crippen LogP contribution in [0.1, 0.15) is 35.8 Å². The van der Waals surface area contributed by atoms with E-state index in [2.05, 4.69) is 5.32 Å². The Balaban J connectivity index is 2.14. The molecule has 4 nitrogen and oxygen atoms in total. The first-order valence-corrected chi connectivity index (χ1v) is 9.01. The number of carbonyl (C=O) groups excluding carboxylic acids is 1. The molecule has 1 unspecified atom stereocenters. The lowest BCUT2D eigenvalue weighted by Gasteiger charge is -2.36. The fourth-order valence-corrected chi connectivity index (χ4v) is 3.37. The predicted molar refractivity (Wildman–Crippen MR) is 107 cm³/mol. The minimum atomic E-state index is -0.353. The number of rotatable bonds is 5. The van der Waals surface area contributed by atoms with Crippen molar-refractivity contribution < 1.29 is 9.53 Å². The van der Waals surface area contributed by atoms with Crippen molar-refractivity contribution in [2.45, 2.75) is 19.9 Å².